The van der Waals surface area contributed by atoms with Crippen molar-refractivity contribution in [1.29, 1.82) is 0 Å². The summed E-state index contributed by atoms with van der Waals surface area (Å²) in [6.45, 7) is 3.48. The average Bonchev–Trinajstić information content (AvgIpc) is 2.74. The van der Waals surface area contributed by atoms with Gasteiger partial charge in [0.2, 0.25) is 5.91 Å². The van der Waals surface area contributed by atoms with Crippen LogP contribution in [-0.2, 0) is 4.79 Å². The number of ketones is 1. The fourth-order valence-electron chi connectivity index (χ4n) is 1.25. The zero-order valence-electron chi connectivity index (χ0n) is 10.0. The molecule has 0 aromatic carbocycles. The van der Waals surface area contributed by atoms with Crippen LogP contribution >= 0.6 is 11.3 Å². The molecule has 0 saturated carbocycles. The Hall–Kier alpha value is -1.27. The highest BCUT2D eigenvalue weighted by Gasteiger charge is 2.15. The minimum absolute atomic E-state index is 0.114. The number of Topliss-reactive ketones (excluding diaryl/α,β-unsaturated/α-hetero) is 1. The van der Waals surface area contributed by atoms with Gasteiger partial charge in [0.15, 0.2) is 10.9 Å². The van der Waals surface area contributed by atoms with Gasteiger partial charge >= 0.3 is 0 Å². The standard InChI is InChI=1S/C11H17N3O2S/c1-3-4-5-8(12)10(16)14-11-13-9(6-17-11)7(2)15/h6,8H,3-5,12H2,1-2H3,(H,13,14,16). The smallest absolute Gasteiger partial charge is 0.243 e. The van der Waals surface area contributed by atoms with E-state index in [0.29, 0.717) is 17.2 Å². The van der Waals surface area contributed by atoms with Crippen molar-refractivity contribution in [2.24, 2.45) is 5.73 Å². The number of hydrogen-bond donors (Lipinski definition) is 2. The number of unbranched alkanes of at least 4 members (excludes halogenated alkanes) is 1. The molecule has 1 aromatic heterocycles. The van der Waals surface area contributed by atoms with Crippen LogP contribution in [0.25, 0.3) is 0 Å². The van der Waals surface area contributed by atoms with Gasteiger partial charge in [-0.05, 0) is 6.42 Å². The Morgan fingerprint density at radius 2 is 2.29 bits per heavy atom. The third-order valence-corrected chi connectivity index (χ3v) is 3.06. The highest BCUT2D eigenvalue weighted by molar-refractivity contribution is 7.14. The molecule has 94 valence electrons. The molecular weight excluding hydrogens is 238 g/mol. The number of aromatic nitrogens is 1. The SMILES string of the molecule is CCCCC(N)C(=O)Nc1nc(C(C)=O)cs1. The fraction of sp³-hybridized carbons (Fsp3) is 0.545. The summed E-state index contributed by atoms with van der Waals surface area (Å²) >= 11 is 1.23. The second-order valence-corrected chi connectivity index (χ2v) is 4.69. The molecule has 1 heterocycles. The van der Waals surface area contributed by atoms with Gasteiger partial charge < -0.3 is 11.1 Å². The molecular formula is C11H17N3O2S. The van der Waals surface area contributed by atoms with Crippen molar-refractivity contribution in [3.05, 3.63) is 11.1 Å². The van der Waals surface area contributed by atoms with E-state index < -0.39 is 6.04 Å². The minimum atomic E-state index is -0.514. The largest absolute Gasteiger partial charge is 0.320 e. The number of hydrogen-bond acceptors (Lipinski definition) is 5. The van der Waals surface area contributed by atoms with Crippen LogP contribution in [-0.4, -0.2) is 22.7 Å². The maximum atomic E-state index is 11.6. The summed E-state index contributed by atoms with van der Waals surface area (Å²) in [5, 5.41) is 4.66. The first-order valence-electron chi connectivity index (χ1n) is 5.57. The maximum Gasteiger partial charge on any atom is 0.243 e. The van der Waals surface area contributed by atoms with E-state index in [2.05, 4.69) is 10.3 Å². The first-order valence-corrected chi connectivity index (χ1v) is 6.45. The molecule has 0 aliphatic carbocycles. The van der Waals surface area contributed by atoms with E-state index in [1.165, 1.54) is 18.3 Å². The molecule has 1 rings (SSSR count). The topological polar surface area (TPSA) is 85.1 Å². The van der Waals surface area contributed by atoms with E-state index in [-0.39, 0.29) is 11.7 Å². The lowest BCUT2D eigenvalue weighted by Crippen LogP contribution is -2.35. The number of nitrogens with one attached hydrogen (secondary N) is 1. The summed E-state index contributed by atoms with van der Waals surface area (Å²) in [6.07, 6.45) is 2.59. The van der Waals surface area contributed by atoms with Gasteiger partial charge in [0.05, 0.1) is 6.04 Å². The van der Waals surface area contributed by atoms with Crippen molar-refractivity contribution >= 4 is 28.2 Å². The number of nitrogens with two attached hydrogens (primary N) is 1. The summed E-state index contributed by atoms with van der Waals surface area (Å²) in [5.41, 5.74) is 6.08. The van der Waals surface area contributed by atoms with Crippen LogP contribution in [0, 0.1) is 0 Å². The molecule has 0 radical (unpaired) electrons. The highest BCUT2D eigenvalue weighted by atomic mass is 32.1. The first-order chi connectivity index (χ1) is 8.04. The molecule has 1 atom stereocenters. The van der Waals surface area contributed by atoms with Crippen LogP contribution in [0.4, 0.5) is 5.13 Å². The Bertz CT molecular complexity index is 403. The van der Waals surface area contributed by atoms with Crippen LogP contribution < -0.4 is 11.1 Å². The fourth-order valence-corrected chi connectivity index (χ4v) is 2.00. The van der Waals surface area contributed by atoms with Crippen molar-refractivity contribution in [1.82, 2.24) is 4.98 Å². The Labute approximate surface area is 104 Å². The van der Waals surface area contributed by atoms with Crippen molar-refractivity contribution in [3.8, 4) is 0 Å². The molecule has 6 heteroatoms. The van der Waals surface area contributed by atoms with E-state index in [1.807, 2.05) is 6.92 Å². The van der Waals surface area contributed by atoms with Gasteiger partial charge in [-0.25, -0.2) is 4.98 Å². The molecule has 0 aliphatic rings. The maximum absolute atomic E-state index is 11.6. The van der Waals surface area contributed by atoms with Crippen molar-refractivity contribution < 1.29 is 9.59 Å². The molecule has 1 aromatic rings. The van der Waals surface area contributed by atoms with E-state index in [4.69, 9.17) is 5.73 Å². The zero-order valence-corrected chi connectivity index (χ0v) is 10.8. The molecule has 0 aliphatic heterocycles. The number of rotatable bonds is 6. The third kappa shape index (κ3) is 4.24. The zero-order chi connectivity index (χ0) is 12.8. The second-order valence-electron chi connectivity index (χ2n) is 3.83. The highest BCUT2D eigenvalue weighted by Crippen LogP contribution is 2.16. The monoisotopic (exact) mass is 255 g/mol. The molecule has 0 saturated heterocycles. The number of anilines is 1. The predicted octanol–water partition coefficient (Wildman–Crippen LogP) is 1.80. The third-order valence-electron chi connectivity index (χ3n) is 2.30. The quantitative estimate of drug-likeness (QED) is 0.759. The Morgan fingerprint density at radius 3 is 2.82 bits per heavy atom. The van der Waals surface area contributed by atoms with Gasteiger partial charge in [0.25, 0.3) is 0 Å². The molecule has 0 bridgehead atoms. The van der Waals surface area contributed by atoms with Gasteiger partial charge in [0, 0.05) is 12.3 Å². The number of carbonyl (C=O) groups excluding carboxylic acids is 2. The number of amides is 1. The summed E-state index contributed by atoms with van der Waals surface area (Å²) in [6, 6.07) is -0.514. The lowest BCUT2D eigenvalue weighted by Gasteiger charge is -2.09. The normalized spacial score (nSPS) is 12.2. The first kappa shape index (κ1) is 13.8. The van der Waals surface area contributed by atoms with Gasteiger partial charge in [0.1, 0.15) is 5.69 Å². The van der Waals surface area contributed by atoms with Gasteiger partial charge in [-0.3, -0.25) is 9.59 Å². The summed E-state index contributed by atoms with van der Waals surface area (Å²) in [4.78, 5) is 26.7. The van der Waals surface area contributed by atoms with Crippen molar-refractivity contribution in [2.75, 3.05) is 5.32 Å². The average molecular weight is 255 g/mol. The van der Waals surface area contributed by atoms with Crippen molar-refractivity contribution in [2.45, 2.75) is 39.2 Å². The molecule has 1 amide bonds. The van der Waals surface area contributed by atoms with Crippen LogP contribution in [0.5, 0.6) is 0 Å². The van der Waals surface area contributed by atoms with E-state index in [0.717, 1.165) is 12.8 Å². The molecule has 0 fully saturated rings. The van der Waals surface area contributed by atoms with E-state index in [9.17, 15) is 9.59 Å². The lowest BCUT2D eigenvalue weighted by molar-refractivity contribution is -0.117. The molecule has 17 heavy (non-hydrogen) atoms. The second kappa shape index (κ2) is 6.46. The van der Waals surface area contributed by atoms with E-state index in [1.54, 1.807) is 5.38 Å². The molecule has 3 N–H and O–H groups in total. The molecule has 0 spiro atoms. The van der Waals surface area contributed by atoms with Crippen LogP contribution in [0.2, 0.25) is 0 Å². The lowest BCUT2D eigenvalue weighted by atomic mass is 10.1. The number of nitrogens with zero attached hydrogens (tertiary/aromatic N) is 1. The van der Waals surface area contributed by atoms with Gasteiger partial charge in [-0.2, -0.15) is 0 Å². The number of thiazole rings is 1. The number of carbonyl (C=O) groups is 2. The van der Waals surface area contributed by atoms with Gasteiger partial charge in [-0.15, -0.1) is 11.3 Å². The summed E-state index contributed by atoms with van der Waals surface area (Å²) < 4.78 is 0. The summed E-state index contributed by atoms with van der Waals surface area (Å²) in [5.74, 6) is -0.361. The Kier molecular flexibility index (Phi) is 5.24. The van der Waals surface area contributed by atoms with Crippen molar-refractivity contribution in [3.63, 3.8) is 0 Å². The summed E-state index contributed by atoms with van der Waals surface area (Å²) in [7, 11) is 0. The molecule has 5 nitrogen and oxygen atoms in total. The van der Waals surface area contributed by atoms with Crippen LogP contribution in [0.1, 0.15) is 43.6 Å². The van der Waals surface area contributed by atoms with E-state index >= 15 is 0 Å². The molecule has 1 unspecified atom stereocenters. The van der Waals surface area contributed by atoms with Crippen LogP contribution in [0.3, 0.4) is 0 Å². The Morgan fingerprint density at radius 1 is 1.59 bits per heavy atom. The predicted molar refractivity (Wildman–Crippen MR) is 68.2 cm³/mol. The van der Waals surface area contributed by atoms with Crippen LogP contribution in [0.15, 0.2) is 5.38 Å². The minimum Gasteiger partial charge on any atom is -0.320 e. The Balaban J connectivity index is 2.52. The van der Waals surface area contributed by atoms with Gasteiger partial charge in [-0.1, -0.05) is 19.8 Å².